The van der Waals surface area contributed by atoms with Crippen molar-refractivity contribution in [3.05, 3.63) is 60.7 Å². The van der Waals surface area contributed by atoms with E-state index in [1.807, 2.05) is 31.2 Å². The lowest BCUT2D eigenvalue weighted by molar-refractivity contribution is 0.112. The van der Waals surface area contributed by atoms with Crippen LogP contribution in [0.25, 0.3) is 11.1 Å². The van der Waals surface area contributed by atoms with Gasteiger partial charge in [-0.15, -0.1) is 0 Å². The Bertz CT molecular complexity index is 615. The van der Waals surface area contributed by atoms with E-state index < -0.39 is 0 Å². The molecule has 1 unspecified atom stereocenters. The lowest BCUT2D eigenvalue weighted by Gasteiger charge is -2.11. The largest absolute Gasteiger partial charge is 0.508 e. The van der Waals surface area contributed by atoms with E-state index >= 15 is 0 Å². The molecule has 0 radical (unpaired) electrons. The summed E-state index contributed by atoms with van der Waals surface area (Å²) in [7, 11) is 0. The molecule has 2 aromatic carbocycles. The van der Waals surface area contributed by atoms with Crippen LogP contribution in [0.5, 0.6) is 11.5 Å². The van der Waals surface area contributed by atoms with Gasteiger partial charge in [0.2, 0.25) is 0 Å². The van der Waals surface area contributed by atoms with E-state index in [1.165, 1.54) is 6.07 Å². The molecule has 3 heteroatoms. The third-order valence-electron chi connectivity index (χ3n) is 2.92. The number of benzene rings is 2. The van der Waals surface area contributed by atoms with Gasteiger partial charge in [-0.2, -0.15) is 0 Å². The Morgan fingerprint density at radius 1 is 1.15 bits per heavy atom. The summed E-state index contributed by atoms with van der Waals surface area (Å²) in [5.41, 5.74) is 2.14. The van der Waals surface area contributed by atoms with Crippen LogP contribution in [0.4, 0.5) is 0 Å². The zero-order valence-electron chi connectivity index (χ0n) is 11.2. The summed E-state index contributed by atoms with van der Waals surface area (Å²) in [5, 5.41) is 9.60. The van der Waals surface area contributed by atoms with Crippen molar-refractivity contribution >= 4 is 6.29 Å². The van der Waals surface area contributed by atoms with Gasteiger partial charge >= 0.3 is 0 Å². The molecule has 0 fully saturated rings. The number of hydrogen-bond acceptors (Lipinski definition) is 3. The SMILES string of the molecule is C=CC(C)Oc1ccc(-c2cc(O)cc(C=O)c2)cc1. The molecule has 0 saturated carbocycles. The second-order valence-electron chi connectivity index (χ2n) is 4.51. The summed E-state index contributed by atoms with van der Waals surface area (Å²) < 4.78 is 5.60. The lowest BCUT2D eigenvalue weighted by atomic mass is 10.0. The molecule has 0 aliphatic carbocycles. The van der Waals surface area contributed by atoms with E-state index in [1.54, 1.807) is 18.2 Å². The summed E-state index contributed by atoms with van der Waals surface area (Å²) in [4.78, 5) is 10.8. The minimum atomic E-state index is -0.0525. The first-order valence-electron chi connectivity index (χ1n) is 6.31. The van der Waals surface area contributed by atoms with Crippen molar-refractivity contribution in [3.8, 4) is 22.6 Å². The van der Waals surface area contributed by atoms with Crippen LogP contribution in [0, 0.1) is 0 Å². The molecule has 1 atom stereocenters. The molecule has 20 heavy (non-hydrogen) atoms. The normalized spacial score (nSPS) is 11.7. The van der Waals surface area contributed by atoms with E-state index in [0.717, 1.165) is 16.9 Å². The average Bonchev–Trinajstić information content (AvgIpc) is 2.47. The molecular formula is C17H16O3. The summed E-state index contributed by atoms with van der Waals surface area (Å²) in [6.07, 6.45) is 2.38. The minimum Gasteiger partial charge on any atom is -0.508 e. The van der Waals surface area contributed by atoms with Gasteiger partial charge in [0.05, 0.1) is 0 Å². The van der Waals surface area contributed by atoms with E-state index in [9.17, 15) is 9.90 Å². The van der Waals surface area contributed by atoms with Crippen molar-refractivity contribution in [1.82, 2.24) is 0 Å². The number of carbonyl (C=O) groups excluding carboxylic acids is 1. The lowest BCUT2D eigenvalue weighted by Crippen LogP contribution is -2.06. The summed E-state index contributed by atoms with van der Waals surface area (Å²) in [6.45, 7) is 5.57. The molecule has 1 N–H and O–H groups in total. The van der Waals surface area contributed by atoms with E-state index in [2.05, 4.69) is 6.58 Å². The van der Waals surface area contributed by atoms with Gasteiger partial charge in [0.15, 0.2) is 0 Å². The molecule has 0 amide bonds. The first kappa shape index (κ1) is 13.9. The van der Waals surface area contributed by atoms with Crippen LogP contribution in [-0.2, 0) is 0 Å². The second kappa shape index (κ2) is 6.06. The van der Waals surface area contributed by atoms with Gasteiger partial charge in [-0.25, -0.2) is 0 Å². The molecule has 3 nitrogen and oxygen atoms in total. The summed E-state index contributed by atoms with van der Waals surface area (Å²) >= 11 is 0. The highest BCUT2D eigenvalue weighted by Gasteiger charge is 2.04. The number of phenols is 1. The third kappa shape index (κ3) is 3.26. The van der Waals surface area contributed by atoms with Crippen LogP contribution in [0.1, 0.15) is 17.3 Å². The van der Waals surface area contributed by atoms with Gasteiger partial charge in [0, 0.05) is 5.56 Å². The minimum absolute atomic E-state index is 0.0525. The predicted molar refractivity (Wildman–Crippen MR) is 79.2 cm³/mol. The van der Waals surface area contributed by atoms with Crippen LogP contribution in [0.2, 0.25) is 0 Å². The molecular weight excluding hydrogens is 252 g/mol. The Morgan fingerprint density at radius 3 is 2.45 bits per heavy atom. The van der Waals surface area contributed by atoms with Crippen molar-refractivity contribution in [3.63, 3.8) is 0 Å². The van der Waals surface area contributed by atoms with Crippen LogP contribution >= 0.6 is 0 Å². The molecule has 0 aromatic heterocycles. The van der Waals surface area contributed by atoms with Gasteiger partial charge in [0.1, 0.15) is 23.9 Å². The van der Waals surface area contributed by atoms with Crippen molar-refractivity contribution in [2.24, 2.45) is 0 Å². The first-order chi connectivity index (χ1) is 9.62. The number of aromatic hydroxyl groups is 1. The van der Waals surface area contributed by atoms with Crippen LogP contribution < -0.4 is 4.74 Å². The second-order valence-corrected chi connectivity index (χ2v) is 4.51. The van der Waals surface area contributed by atoms with Crippen LogP contribution in [0.3, 0.4) is 0 Å². The molecule has 0 spiro atoms. The third-order valence-corrected chi connectivity index (χ3v) is 2.92. The quantitative estimate of drug-likeness (QED) is 0.662. The molecule has 0 saturated heterocycles. The maximum atomic E-state index is 10.8. The van der Waals surface area contributed by atoms with Crippen molar-refractivity contribution in [1.29, 1.82) is 0 Å². The van der Waals surface area contributed by atoms with Gasteiger partial charge in [0.25, 0.3) is 0 Å². The van der Waals surface area contributed by atoms with Gasteiger partial charge in [-0.05, 0) is 48.4 Å². The smallest absolute Gasteiger partial charge is 0.150 e. The van der Waals surface area contributed by atoms with Gasteiger partial charge < -0.3 is 9.84 Å². The predicted octanol–water partition coefficient (Wildman–Crippen LogP) is 3.83. The number of phenolic OH excluding ortho intramolecular Hbond substituents is 1. The standard InChI is InChI=1S/C17H16O3/c1-3-12(2)20-17-6-4-14(5-7-17)15-8-13(11-18)9-16(19)10-15/h3-12,19H,1H2,2H3. The summed E-state index contributed by atoms with van der Waals surface area (Å²) in [5.74, 6) is 0.821. The molecule has 0 aliphatic heterocycles. The molecule has 102 valence electrons. The average molecular weight is 268 g/mol. The number of carbonyl (C=O) groups is 1. The highest BCUT2D eigenvalue weighted by atomic mass is 16.5. The Labute approximate surface area is 118 Å². The fraction of sp³-hybridized carbons (Fsp3) is 0.118. The maximum Gasteiger partial charge on any atom is 0.150 e. The highest BCUT2D eigenvalue weighted by Crippen LogP contribution is 2.27. The van der Waals surface area contributed by atoms with Crippen molar-refractivity contribution < 1.29 is 14.6 Å². The number of hydrogen-bond donors (Lipinski definition) is 1. The fourth-order valence-corrected chi connectivity index (χ4v) is 1.86. The number of ether oxygens (including phenoxy) is 1. The zero-order chi connectivity index (χ0) is 14.5. The highest BCUT2D eigenvalue weighted by molar-refractivity contribution is 5.80. The Balaban J connectivity index is 2.27. The zero-order valence-corrected chi connectivity index (χ0v) is 11.2. The maximum absolute atomic E-state index is 10.8. The van der Waals surface area contributed by atoms with Gasteiger partial charge in [-0.3, -0.25) is 4.79 Å². The first-order valence-corrected chi connectivity index (χ1v) is 6.31. The van der Waals surface area contributed by atoms with E-state index in [-0.39, 0.29) is 11.9 Å². The molecule has 0 bridgehead atoms. The topological polar surface area (TPSA) is 46.5 Å². The fourth-order valence-electron chi connectivity index (χ4n) is 1.86. The van der Waals surface area contributed by atoms with Crippen LogP contribution in [-0.4, -0.2) is 17.5 Å². The Kier molecular flexibility index (Phi) is 4.20. The number of aldehydes is 1. The van der Waals surface area contributed by atoms with E-state index in [4.69, 9.17) is 4.74 Å². The summed E-state index contributed by atoms with van der Waals surface area (Å²) in [6, 6.07) is 12.2. The van der Waals surface area contributed by atoms with Crippen molar-refractivity contribution in [2.75, 3.05) is 0 Å². The molecule has 2 aromatic rings. The molecule has 0 aliphatic rings. The Hall–Kier alpha value is -2.55. The van der Waals surface area contributed by atoms with Crippen molar-refractivity contribution in [2.45, 2.75) is 13.0 Å². The molecule has 0 heterocycles. The van der Waals surface area contributed by atoms with Crippen LogP contribution in [0.15, 0.2) is 55.1 Å². The van der Waals surface area contributed by atoms with Gasteiger partial charge in [-0.1, -0.05) is 24.8 Å². The Morgan fingerprint density at radius 2 is 1.85 bits per heavy atom. The van der Waals surface area contributed by atoms with E-state index in [0.29, 0.717) is 11.8 Å². The molecule has 2 rings (SSSR count). The number of rotatable bonds is 5. The monoisotopic (exact) mass is 268 g/mol.